The third-order valence-corrected chi connectivity index (χ3v) is 4.12. The fraction of sp³-hybridized carbons (Fsp3) is 0.300. The number of aliphatic hydroxyl groups is 1. The normalized spacial score (nSPS) is 12.1. The summed E-state index contributed by atoms with van der Waals surface area (Å²) in [7, 11) is 0. The van der Waals surface area contributed by atoms with Gasteiger partial charge in [0.05, 0.1) is 17.1 Å². The Bertz CT molecular complexity index is 884. The molecule has 3 aromatic rings. The molecule has 0 radical (unpaired) electrons. The van der Waals surface area contributed by atoms with E-state index in [1.54, 1.807) is 6.92 Å². The van der Waals surface area contributed by atoms with E-state index in [0.717, 1.165) is 16.6 Å². The maximum Gasteiger partial charge on any atom is 0.240 e. The molecule has 0 bridgehead atoms. The lowest BCUT2D eigenvalue weighted by atomic mass is 10.1. The zero-order valence-corrected chi connectivity index (χ0v) is 15.1. The summed E-state index contributed by atoms with van der Waals surface area (Å²) in [4.78, 5) is 17.0. The summed E-state index contributed by atoms with van der Waals surface area (Å²) in [6.07, 6.45) is -0.501. The first-order chi connectivity index (χ1) is 12.5. The number of rotatable bonds is 7. The van der Waals surface area contributed by atoms with Crippen molar-refractivity contribution in [3.63, 3.8) is 0 Å². The Morgan fingerprint density at radius 2 is 1.92 bits per heavy atom. The third kappa shape index (κ3) is 4.40. The van der Waals surface area contributed by atoms with Crippen LogP contribution in [0, 0.1) is 6.92 Å². The zero-order chi connectivity index (χ0) is 18.5. The van der Waals surface area contributed by atoms with Crippen molar-refractivity contribution in [3.05, 3.63) is 59.7 Å². The van der Waals surface area contributed by atoms with E-state index in [2.05, 4.69) is 15.6 Å². The Balaban J connectivity index is 1.72. The predicted molar refractivity (Wildman–Crippen MR) is 103 cm³/mol. The minimum absolute atomic E-state index is 0.0891. The quantitative estimate of drug-likeness (QED) is 0.610. The van der Waals surface area contributed by atoms with Gasteiger partial charge in [0.15, 0.2) is 0 Å². The number of imidazole rings is 1. The largest absolute Gasteiger partial charge is 0.392 e. The molecule has 0 fully saturated rings. The first-order valence-electron chi connectivity index (χ1n) is 8.72. The van der Waals surface area contributed by atoms with E-state index in [1.807, 2.05) is 60.0 Å². The maximum atomic E-state index is 12.4. The number of carbonyl (C=O) groups excluding carboxylic acids is 1. The molecule has 0 aliphatic heterocycles. The molecule has 0 saturated carbocycles. The number of aromatic nitrogens is 2. The van der Waals surface area contributed by atoms with Gasteiger partial charge in [-0.25, -0.2) is 4.98 Å². The van der Waals surface area contributed by atoms with Gasteiger partial charge in [0.25, 0.3) is 0 Å². The Morgan fingerprint density at radius 1 is 1.19 bits per heavy atom. The van der Waals surface area contributed by atoms with Crippen molar-refractivity contribution < 1.29 is 9.90 Å². The smallest absolute Gasteiger partial charge is 0.240 e. The molecule has 0 aliphatic carbocycles. The molecule has 26 heavy (non-hydrogen) atoms. The number of para-hydroxylation sites is 2. The summed E-state index contributed by atoms with van der Waals surface area (Å²) in [5.74, 6) is 0.492. The molecule has 0 spiro atoms. The Labute approximate surface area is 152 Å². The van der Waals surface area contributed by atoms with Gasteiger partial charge in [0, 0.05) is 13.1 Å². The molecule has 6 heteroatoms. The molecular weight excluding hydrogens is 328 g/mol. The van der Waals surface area contributed by atoms with E-state index in [-0.39, 0.29) is 12.5 Å². The standard InChI is InChI=1S/C20H24N4O2/c1-14-7-9-16(10-8-14)12-21-19(26)13-24-18-6-4-3-5-17(18)23-20(24)22-11-15(2)25/h3-10,15,25H,11-13H2,1-2H3,(H,21,26)(H,22,23). The number of carbonyl (C=O) groups is 1. The van der Waals surface area contributed by atoms with E-state index in [1.165, 1.54) is 5.56 Å². The van der Waals surface area contributed by atoms with Crippen LogP contribution in [-0.4, -0.2) is 33.2 Å². The van der Waals surface area contributed by atoms with Crippen molar-refractivity contribution in [1.82, 2.24) is 14.9 Å². The molecule has 1 unspecified atom stereocenters. The van der Waals surface area contributed by atoms with E-state index < -0.39 is 6.10 Å². The highest BCUT2D eigenvalue weighted by atomic mass is 16.3. The van der Waals surface area contributed by atoms with Crippen LogP contribution in [0.5, 0.6) is 0 Å². The number of nitrogens with zero attached hydrogens (tertiary/aromatic N) is 2. The fourth-order valence-corrected chi connectivity index (χ4v) is 2.72. The molecule has 3 rings (SSSR count). The van der Waals surface area contributed by atoms with Crippen LogP contribution in [0.4, 0.5) is 5.95 Å². The van der Waals surface area contributed by atoms with Gasteiger partial charge >= 0.3 is 0 Å². The zero-order valence-electron chi connectivity index (χ0n) is 15.1. The molecule has 0 aliphatic rings. The molecule has 1 amide bonds. The monoisotopic (exact) mass is 352 g/mol. The summed E-state index contributed by atoms with van der Waals surface area (Å²) in [5, 5.41) is 15.6. The Kier molecular flexibility index (Phi) is 5.53. The molecule has 6 nitrogen and oxygen atoms in total. The Morgan fingerprint density at radius 3 is 2.65 bits per heavy atom. The molecule has 0 saturated heterocycles. The van der Waals surface area contributed by atoms with Crippen LogP contribution >= 0.6 is 0 Å². The van der Waals surface area contributed by atoms with Crippen molar-refractivity contribution in [2.24, 2.45) is 0 Å². The number of nitrogens with one attached hydrogen (secondary N) is 2. The van der Waals surface area contributed by atoms with Crippen LogP contribution < -0.4 is 10.6 Å². The van der Waals surface area contributed by atoms with Crippen molar-refractivity contribution >= 4 is 22.9 Å². The van der Waals surface area contributed by atoms with Crippen molar-refractivity contribution in [3.8, 4) is 0 Å². The van der Waals surface area contributed by atoms with Crippen LogP contribution in [0.25, 0.3) is 11.0 Å². The molecule has 1 heterocycles. The minimum atomic E-state index is -0.501. The first kappa shape index (κ1) is 17.9. The van der Waals surface area contributed by atoms with Crippen LogP contribution in [0.3, 0.4) is 0 Å². The van der Waals surface area contributed by atoms with Crippen LogP contribution in [0.2, 0.25) is 0 Å². The van der Waals surface area contributed by atoms with Gasteiger partial charge in [-0.05, 0) is 31.5 Å². The number of benzene rings is 2. The van der Waals surface area contributed by atoms with Gasteiger partial charge in [0.1, 0.15) is 6.54 Å². The lowest BCUT2D eigenvalue weighted by molar-refractivity contribution is -0.121. The lowest BCUT2D eigenvalue weighted by Crippen LogP contribution is -2.28. The van der Waals surface area contributed by atoms with Gasteiger partial charge in [-0.15, -0.1) is 0 Å². The SMILES string of the molecule is Cc1ccc(CNC(=O)Cn2c(NCC(C)O)nc3ccccc32)cc1. The van der Waals surface area contributed by atoms with Gasteiger partial charge in [-0.2, -0.15) is 0 Å². The van der Waals surface area contributed by atoms with Crippen LogP contribution in [0.1, 0.15) is 18.1 Å². The number of anilines is 1. The second-order valence-electron chi connectivity index (χ2n) is 6.50. The fourth-order valence-electron chi connectivity index (χ4n) is 2.72. The topological polar surface area (TPSA) is 79.2 Å². The minimum Gasteiger partial charge on any atom is -0.392 e. The second kappa shape index (κ2) is 8.01. The van der Waals surface area contributed by atoms with Crippen LogP contribution in [0.15, 0.2) is 48.5 Å². The number of amides is 1. The predicted octanol–water partition coefficient (Wildman–Crippen LogP) is 2.45. The Hall–Kier alpha value is -2.86. The van der Waals surface area contributed by atoms with E-state index in [0.29, 0.717) is 19.0 Å². The average Bonchev–Trinajstić information content (AvgIpc) is 2.97. The summed E-state index contributed by atoms with van der Waals surface area (Å²) in [5.41, 5.74) is 3.95. The van der Waals surface area contributed by atoms with E-state index >= 15 is 0 Å². The first-order valence-corrected chi connectivity index (χ1v) is 8.72. The average molecular weight is 352 g/mol. The highest BCUT2D eigenvalue weighted by molar-refractivity contribution is 5.83. The van der Waals surface area contributed by atoms with Gasteiger partial charge in [-0.3, -0.25) is 4.79 Å². The molecule has 1 atom stereocenters. The van der Waals surface area contributed by atoms with E-state index in [9.17, 15) is 9.90 Å². The second-order valence-corrected chi connectivity index (χ2v) is 6.50. The van der Waals surface area contributed by atoms with Crippen LogP contribution in [-0.2, 0) is 17.9 Å². The third-order valence-electron chi connectivity index (χ3n) is 4.12. The maximum absolute atomic E-state index is 12.4. The van der Waals surface area contributed by atoms with Crippen molar-refractivity contribution in [2.45, 2.75) is 33.0 Å². The van der Waals surface area contributed by atoms with Crippen molar-refractivity contribution in [1.29, 1.82) is 0 Å². The van der Waals surface area contributed by atoms with Gasteiger partial charge < -0.3 is 20.3 Å². The number of hydrogen-bond acceptors (Lipinski definition) is 4. The summed E-state index contributed by atoms with van der Waals surface area (Å²) in [6, 6.07) is 15.8. The van der Waals surface area contributed by atoms with Gasteiger partial charge in [-0.1, -0.05) is 42.0 Å². The number of fused-ring (bicyclic) bond motifs is 1. The highest BCUT2D eigenvalue weighted by Crippen LogP contribution is 2.19. The molecule has 136 valence electrons. The highest BCUT2D eigenvalue weighted by Gasteiger charge is 2.13. The molecule has 2 aromatic carbocycles. The van der Waals surface area contributed by atoms with Crippen molar-refractivity contribution in [2.75, 3.05) is 11.9 Å². The lowest BCUT2D eigenvalue weighted by Gasteiger charge is -2.12. The number of aliphatic hydroxyl groups excluding tert-OH is 1. The summed E-state index contributed by atoms with van der Waals surface area (Å²) < 4.78 is 1.84. The van der Waals surface area contributed by atoms with E-state index in [4.69, 9.17) is 0 Å². The number of aryl methyl sites for hydroxylation is 1. The van der Waals surface area contributed by atoms with Gasteiger partial charge in [0.2, 0.25) is 11.9 Å². The molecule has 3 N–H and O–H groups in total. The summed E-state index contributed by atoms with van der Waals surface area (Å²) in [6.45, 7) is 4.76. The number of hydrogen-bond donors (Lipinski definition) is 3. The molecular formula is C20H24N4O2. The molecule has 1 aromatic heterocycles. The summed E-state index contributed by atoms with van der Waals surface area (Å²) >= 11 is 0.